The van der Waals surface area contributed by atoms with Crippen LogP contribution in [0.3, 0.4) is 0 Å². The fourth-order valence-corrected chi connectivity index (χ4v) is 3.65. The van der Waals surface area contributed by atoms with Gasteiger partial charge < -0.3 is 10.6 Å². The first-order valence-electron chi connectivity index (χ1n) is 9.48. The number of guanidine groups is 1. The van der Waals surface area contributed by atoms with Gasteiger partial charge in [0, 0.05) is 27.2 Å². The number of aliphatic imine (C=N–C) groups is 1. The van der Waals surface area contributed by atoms with E-state index < -0.39 is 10.0 Å². The highest BCUT2D eigenvalue weighted by Gasteiger charge is 2.16. The number of aryl methyl sites for hydroxylation is 1. The van der Waals surface area contributed by atoms with Crippen molar-refractivity contribution in [3.8, 4) is 0 Å². The molecular weight excluding hydrogens is 372 g/mol. The van der Waals surface area contributed by atoms with Crippen molar-refractivity contribution in [2.45, 2.75) is 38.3 Å². The van der Waals surface area contributed by atoms with Crippen LogP contribution in [0.4, 0.5) is 0 Å². The molecule has 7 heteroatoms. The van der Waals surface area contributed by atoms with Gasteiger partial charge in [-0.2, -0.15) is 0 Å². The van der Waals surface area contributed by atoms with Crippen LogP contribution in [0.15, 0.2) is 58.4 Å². The SMILES string of the molecule is CCNC(=NCc1ccc(S(=O)(=O)N(C)C)cc1)NCc1ccccc1CC. The standard InChI is InChI=1S/C21H30N4O2S/c1-5-18-9-7-8-10-19(18)16-24-21(22-6-2)23-15-17-11-13-20(14-12-17)28(26,27)25(3)4/h7-14H,5-6,15-16H2,1-4H3,(H2,22,23,24). The molecule has 0 saturated heterocycles. The third-order valence-electron chi connectivity index (χ3n) is 4.41. The molecule has 0 aliphatic rings. The van der Waals surface area contributed by atoms with Gasteiger partial charge >= 0.3 is 0 Å². The second-order valence-electron chi connectivity index (χ2n) is 6.60. The predicted molar refractivity (Wildman–Crippen MR) is 115 cm³/mol. The number of rotatable bonds is 8. The summed E-state index contributed by atoms with van der Waals surface area (Å²) in [5.41, 5.74) is 3.53. The average Bonchev–Trinajstić information content (AvgIpc) is 2.70. The van der Waals surface area contributed by atoms with Crippen LogP contribution in [0.1, 0.15) is 30.5 Å². The summed E-state index contributed by atoms with van der Waals surface area (Å²) in [6, 6.07) is 15.2. The Labute approximate surface area is 168 Å². The van der Waals surface area contributed by atoms with Crippen LogP contribution in [0.5, 0.6) is 0 Å². The lowest BCUT2D eigenvalue weighted by molar-refractivity contribution is 0.520. The molecule has 28 heavy (non-hydrogen) atoms. The van der Waals surface area contributed by atoms with Gasteiger partial charge in [0.15, 0.2) is 5.96 Å². The Bertz CT molecular complexity index is 891. The van der Waals surface area contributed by atoms with E-state index in [-0.39, 0.29) is 4.90 Å². The number of hydrogen-bond donors (Lipinski definition) is 2. The van der Waals surface area contributed by atoms with Gasteiger partial charge in [-0.05, 0) is 42.2 Å². The Balaban J connectivity index is 2.06. The fraction of sp³-hybridized carbons (Fsp3) is 0.381. The highest BCUT2D eigenvalue weighted by Crippen LogP contribution is 2.14. The quantitative estimate of drug-likeness (QED) is 0.526. The molecule has 0 aromatic heterocycles. The van der Waals surface area contributed by atoms with Crippen molar-refractivity contribution in [2.24, 2.45) is 4.99 Å². The number of nitrogens with zero attached hydrogens (tertiary/aromatic N) is 2. The molecule has 0 radical (unpaired) electrons. The molecule has 0 bridgehead atoms. The lowest BCUT2D eigenvalue weighted by Gasteiger charge is -2.14. The van der Waals surface area contributed by atoms with Crippen LogP contribution < -0.4 is 10.6 Å². The molecule has 0 aliphatic heterocycles. The Morgan fingerprint density at radius 3 is 2.18 bits per heavy atom. The predicted octanol–water partition coefficient (Wildman–Crippen LogP) is 2.75. The van der Waals surface area contributed by atoms with Crippen LogP contribution in [-0.2, 0) is 29.5 Å². The second-order valence-corrected chi connectivity index (χ2v) is 8.75. The van der Waals surface area contributed by atoms with Gasteiger partial charge in [0.05, 0.1) is 11.4 Å². The van der Waals surface area contributed by atoms with Crippen molar-refractivity contribution in [3.05, 3.63) is 65.2 Å². The summed E-state index contributed by atoms with van der Waals surface area (Å²) < 4.78 is 25.5. The van der Waals surface area contributed by atoms with Crippen molar-refractivity contribution >= 4 is 16.0 Å². The Morgan fingerprint density at radius 1 is 0.964 bits per heavy atom. The molecule has 0 aliphatic carbocycles. The van der Waals surface area contributed by atoms with Crippen molar-refractivity contribution in [3.63, 3.8) is 0 Å². The van der Waals surface area contributed by atoms with Crippen molar-refractivity contribution in [1.82, 2.24) is 14.9 Å². The summed E-state index contributed by atoms with van der Waals surface area (Å²) in [5, 5.41) is 6.62. The van der Waals surface area contributed by atoms with E-state index in [2.05, 4.69) is 40.7 Å². The van der Waals surface area contributed by atoms with Crippen LogP contribution in [0.2, 0.25) is 0 Å². The van der Waals surface area contributed by atoms with Gasteiger partial charge in [-0.15, -0.1) is 0 Å². The largest absolute Gasteiger partial charge is 0.357 e. The van der Waals surface area contributed by atoms with E-state index >= 15 is 0 Å². The molecule has 0 unspecified atom stereocenters. The van der Waals surface area contributed by atoms with Gasteiger partial charge in [-0.1, -0.05) is 43.3 Å². The maximum atomic E-state index is 12.1. The topological polar surface area (TPSA) is 73.8 Å². The van der Waals surface area contributed by atoms with E-state index in [1.54, 1.807) is 24.3 Å². The zero-order valence-electron chi connectivity index (χ0n) is 17.1. The summed E-state index contributed by atoms with van der Waals surface area (Å²) in [4.78, 5) is 4.90. The lowest BCUT2D eigenvalue weighted by atomic mass is 10.1. The third-order valence-corrected chi connectivity index (χ3v) is 6.24. The van der Waals surface area contributed by atoms with Crippen LogP contribution >= 0.6 is 0 Å². The fourth-order valence-electron chi connectivity index (χ4n) is 2.74. The molecule has 2 aromatic rings. The molecule has 0 atom stereocenters. The van der Waals surface area contributed by atoms with E-state index in [1.807, 2.05) is 13.0 Å². The maximum Gasteiger partial charge on any atom is 0.242 e. The molecule has 0 heterocycles. The van der Waals surface area contributed by atoms with Crippen molar-refractivity contribution in [2.75, 3.05) is 20.6 Å². The maximum absolute atomic E-state index is 12.1. The summed E-state index contributed by atoms with van der Waals surface area (Å²) in [6.07, 6.45) is 0.994. The number of hydrogen-bond acceptors (Lipinski definition) is 3. The van der Waals surface area contributed by atoms with Gasteiger partial charge in [0.25, 0.3) is 0 Å². The van der Waals surface area contributed by atoms with E-state index in [4.69, 9.17) is 0 Å². The first-order chi connectivity index (χ1) is 13.4. The molecule has 0 fully saturated rings. The van der Waals surface area contributed by atoms with E-state index in [0.717, 1.165) is 24.5 Å². The number of benzene rings is 2. The average molecular weight is 403 g/mol. The smallest absolute Gasteiger partial charge is 0.242 e. The lowest BCUT2D eigenvalue weighted by Crippen LogP contribution is -2.37. The van der Waals surface area contributed by atoms with Crippen LogP contribution in [0.25, 0.3) is 0 Å². The minimum atomic E-state index is -3.41. The number of nitrogens with one attached hydrogen (secondary N) is 2. The number of sulfonamides is 1. The molecule has 2 N–H and O–H groups in total. The van der Waals surface area contributed by atoms with Gasteiger partial charge in [-0.3, -0.25) is 0 Å². The molecular formula is C21H30N4O2S. The minimum Gasteiger partial charge on any atom is -0.357 e. The van der Waals surface area contributed by atoms with Gasteiger partial charge in [0.2, 0.25) is 10.0 Å². The Morgan fingerprint density at radius 2 is 1.61 bits per heavy atom. The summed E-state index contributed by atoms with van der Waals surface area (Å²) in [6.45, 7) is 6.11. The van der Waals surface area contributed by atoms with E-state index in [9.17, 15) is 8.42 Å². The second kappa shape index (κ2) is 10.2. The first kappa shape index (κ1) is 21.9. The molecule has 0 spiro atoms. The van der Waals surface area contributed by atoms with E-state index in [0.29, 0.717) is 13.1 Å². The first-order valence-corrected chi connectivity index (χ1v) is 10.9. The summed E-state index contributed by atoms with van der Waals surface area (Å²) in [5.74, 6) is 0.735. The monoisotopic (exact) mass is 402 g/mol. The highest BCUT2D eigenvalue weighted by atomic mass is 32.2. The molecule has 6 nitrogen and oxygen atoms in total. The van der Waals surface area contributed by atoms with Crippen molar-refractivity contribution < 1.29 is 8.42 Å². The molecule has 2 rings (SSSR count). The van der Waals surface area contributed by atoms with E-state index in [1.165, 1.54) is 29.5 Å². The van der Waals surface area contributed by atoms with Crippen molar-refractivity contribution in [1.29, 1.82) is 0 Å². The third kappa shape index (κ3) is 5.81. The summed E-state index contributed by atoms with van der Waals surface area (Å²) in [7, 11) is -0.354. The normalized spacial score (nSPS) is 12.2. The summed E-state index contributed by atoms with van der Waals surface area (Å²) >= 11 is 0. The Hall–Kier alpha value is -2.38. The molecule has 0 amide bonds. The van der Waals surface area contributed by atoms with Gasteiger partial charge in [-0.25, -0.2) is 17.7 Å². The minimum absolute atomic E-state index is 0.284. The molecule has 152 valence electrons. The molecule has 0 saturated carbocycles. The van der Waals surface area contributed by atoms with Crippen LogP contribution in [0, 0.1) is 0 Å². The zero-order chi connectivity index (χ0) is 20.6. The van der Waals surface area contributed by atoms with Gasteiger partial charge in [0.1, 0.15) is 0 Å². The van der Waals surface area contributed by atoms with Crippen LogP contribution in [-0.4, -0.2) is 39.3 Å². The highest BCUT2D eigenvalue weighted by molar-refractivity contribution is 7.89. The molecule has 2 aromatic carbocycles. The Kier molecular flexibility index (Phi) is 8.02. The zero-order valence-corrected chi connectivity index (χ0v) is 17.9.